The molecule has 0 aliphatic heterocycles. The standard InChI is InChI=1S/C9H12ClN3O2/c1-15-8-5-13-7(4-6(8)10)9(14)12-3-2-11/h4-5H,2-3,11H2,1H3,(H,12,14). The third-order valence-electron chi connectivity index (χ3n) is 1.70. The molecule has 0 aromatic carbocycles. The monoisotopic (exact) mass is 229 g/mol. The molecule has 0 saturated carbocycles. The van der Waals surface area contributed by atoms with Crippen LogP contribution in [0.15, 0.2) is 12.3 Å². The number of carbonyl (C=O) groups excluding carboxylic acids is 1. The summed E-state index contributed by atoms with van der Waals surface area (Å²) in [7, 11) is 1.48. The molecule has 15 heavy (non-hydrogen) atoms. The number of pyridine rings is 1. The van der Waals surface area contributed by atoms with Crippen molar-refractivity contribution in [1.82, 2.24) is 10.3 Å². The maximum Gasteiger partial charge on any atom is 0.269 e. The molecule has 5 nitrogen and oxygen atoms in total. The SMILES string of the molecule is COc1cnc(C(=O)NCCN)cc1Cl. The van der Waals surface area contributed by atoms with Crippen LogP contribution in [-0.2, 0) is 0 Å². The van der Waals surface area contributed by atoms with Gasteiger partial charge < -0.3 is 15.8 Å². The highest BCUT2D eigenvalue weighted by atomic mass is 35.5. The van der Waals surface area contributed by atoms with E-state index in [1.54, 1.807) is 0 Å². The smallest absolute Gasteiger partial charge is 0.269 e. The van der Waals surface area contributed by atoms with Crippen molar-refractivity contribution in [1.29, 1.82) is 0 Å². The fraction of sp³-hybridized carbons (Fsp3) is 0.333. The average Bonchev–Trinajstić information content (AvgIpc) is 2.25. The molecule has 1 rings (SSSR count). The van der Waals surface area contributed by atoms with Gasteiger partial charge in [-0.2, -0.15) is 0 Å². The van der Waals surface area contributed by atoms with Crippen LogP contribution in [0.2, 0.25) is 5.02 Å². The predicted molar refractivity (Wildman–Crippen MR) is 57.2 cm³/mol. The van der Waals surface area contributed by atoms with Gasteiger partial charge in [0.15, 0.2) is 5.75 Å². The van der Waals surface area contributed by atoms with Crippen LogP contribution in [0.3, 0.4) is 0 Å². The number of halogens is 1. The van der Waals surface area contributed by atoms with Gasteiger partial charge >= 0.3 is 0 Å². The van der Waals surface area contributed by atoms with Gasteiger partial charge in [-0.3, -0.25) is 4.79 Å². The average molecular weight is 230 g/mol. The Morgan fingerprint density at radius 3 is 3.00 bits per heavy atom. The first-order valence-corrected chi connectivity index (χ1v) is 4.74. The molecule has 0 fully saturated rings. The number of nitrogens with two attached hydrogens (primary N) is 1. The number of carbonyl (C=O) groups is 1. The van der Waals surface area contributed by atoms with Gasteiger partial charge in [0.1, 0.15) is 5.69 Å². The Balaban J connectivity index is 2.78. The number of nitrogens with zero attached hydrogens (tertiary/aromatic N) is 1. The quantitative estimate of drug-likeness (QED) is 0.785. The summed E-state index contributed by atoms with van der Waals surface area (Å²) in [6, 6.07) is 1.45. The van der Waals surface area contributed by atoms with Crippen molar-refractivity contribution in [3.05, 3.63) is 23.0 Å². The van der Waals surface area contributed by atoms with E-state index in [2.05, 4.69) is 10.3 Å². The van der Waals surface area contributed by atoms with E-state index in [4.69, 9.17) is 22.1 Å². The molecule has 0 radical (unpaired) electrons. The molecule has 1 amide bonds. The summed E-state index contributed by atoms with van der Waals surface area (Å²) >= 11 is 5.84. The van der Waals surface area contributed by atoms with Crippen molar-refractivity contribution in [3.8, 4) is 5.75 Å². The number of ether oxygens (including phenoxy) is 1. The van der Waals surface area contributed by atoms with Gasteiger partial charge in [0, 0.05) is 13.1 Å². The molecule has 6 heteroatoms. The maximum absolute atomic E-state index is 11.4. The van der Waals surface area contributed by atoms with Crippen LogP contribution in [-0.4, -0.2) is 31.1 Å². The van der Waals surface area contributed by atoms with Crippen LogP contribution in [0.25, 0.3) is 0 Å². The number of aromatic nitrogens is 1. The molecule has 1 aromatic rings. The summed E-state index contributed by atoms with van der Waals surface area (Å²) in [5, 5.41) is 2.94. The summed E-state index contributed by atoms with van der Waals surface area (Å²) in [5.74, 6) is 0.136. The van der Waals surface area contributed by atoms with E-state index < -0.39 is 0 Å². The molecule has 0 aliphatic rings. The molecule has 82 valence electrons. The fourth-order valence-electron chi connectivity index (χ4n) is 0.969. The third kappa shape index (κ3) is 3.07. The first-order chi connectivity index (χ1) is 7.19. The van der Waals surface area contributed by atoms with Gasteiger partial charge in [-0.15, -0.1) is 0 Å². The Labute approximate surface area is 92.6 Å². The molecule has 0 aliphatic carbocycles. The molecule has 1 heterocycles. The Kier molecular flexibility index (Phi) is 4.33. The van der Waals surface area contributed by atoms with Crippen molar-refractivity contribution < 1.29 is 9.53 Å². The summed E-state index contributed by atoms with van der Waals surface area (Å²) in [6.07, 6.45) is 1.40. The zero-order chi connectivity index (χ0) is 11.3. The molecule has 3 N–H and O–H groups in total. The molecule has 1 aromatic heterocycles. The van der Waals surface area contributed by atoms with Crippen LogP contribution in [0, 0.1) is 0 Å². The first-order valence-electron chi connectivity index (χ1n) is 4.37. The lowest BCUT2D eigenvalue weighted by Crippen LogP contribution is -2.29. The highest BCUT2D eigenvalue weighted by Gasteiger charge is 2.09. The molecular formula is C9H12ClN3O2. The third-order valence-corrected chi connectivity index (χ3v) is 2.00. The molecule has 0 spiro atoms. The molecule has 0 atom stereocenters. The maximum atomic E-state index is 11.4. The van der Waals surface area contributed by atoms with Gasteiger partial charge in [0.2, 0.25) is 0 Å². The minimum Gasteiger partial charge on any atom is -0.494 e. The lowest BCUT2D eigenvalue weighted by molar-refractivity contribution is 0.0949. The van der Waals surface area contributed by atoms with E-state index in [1.807, 2.05) is 0 Å². The van der Waals surface area contributed by atoms with E-state index in [1.165, 1.54) is 19.4 Å². The van der Waals surface area contributed by atoms with Gasteiger partial charge in [0.05, 0.1) is 18.3 Å². The number of methoxy groups -OCH3 is 1. The number of hydrogen-bond donors (Lipinski definition) is 2. The van der Waals surface area contributed by atoms with E-state index in [0.29, 0.717) is 23.9 Å². The number of hydrogen-bond acceptors (Lipinski definition) is 4. The Morgan fingerprint density at radius 2 is 2.47 bits per heavy atom. The fourth-order valence-corrected chi connectivity index (χ4v) is 1.20. The van der Waals surface area contributed by atoms with Gasteiger partial charge in [-0.05, 0) is 6.07 Å². The zero-order valence-electron chi connectivity index (χ0n) is 8.29. The lowest BCUT2D eigenvalue weighted by Gasteiger charge is -2.05. The summed E-state index contributed by atoms with van der Waals surface area (Å²) in [6.45, 7) is 0.791. The minimum atomic E-state index is -0.301. The normalized spacial score (nSPS) is 9.80. The number of nitrogens with one attached hydrogen (secondary N) is 1. The van der Waals surface area contributed by atoms with Crippen LogP contribution in [0.5, 0.6) is 5.75 Å². The van der Waals surface area contributed by atoms with Gasteiger partial charge in [-0.1, -0.05) is 11.6 Å². The van der Waals surface area contributed by atoms with Gasteiger partial charge in [-0.25, -0.2) is 4.98 Å². The van der Waals surface area contributed by atoms with Crippen molar-refractivity contribution in [2.75, 3.05) is 20.2 Å². The van der Waals surface area contributed by atoms with Crippen LogP contribution >= 0.6 is 11.6 Å². The topological polar surface area (TPSA) is 77.2 Å². The van der Waals surface area contributed by atoms with Gasteiger partial charge in [0.25, 0.3) is 5.91 Å². The highest BCUT2D eigenvalue weighted by molar-refractivity contribution is 6.32. The summed E-state index contributed by atoms with van der Waals surface area (Å²) < 4.78 is 4.91. The largest absolute Gasteiger partial charge is 0.494 e. The van der Waals surface area contributed by atoms with Crippen LogP contribution in [0.4, 0.5) is 0 Å². The summed E-state index contributed by atoms with van der Waals surface area (Å²) in [4.78, 5) is 15.3. The van der Waals surface area contributed by atoms with Crippen molar-refractivity contribution >= 4 is 17.5 Å². The minimum absolute atomic E-state index is 0.245. The second kappa shape index (κ2) is 5.53. The molecule has 0 bridgehead atoms. The Bertz CT molecular complexity index is 357. The molecule has 0 unspecified atom stereocenters. The first kappa shape index (κ1) is 11.7. The second-order valence-corrected chi connectivity index (χ2v) is 3.16. The Hall–Kier alpha value is -1.33. The number of rotatable bonds is 4. The molecular weight excluding hydrogens is 218 g/mol. The number of amides is 1. The van der Waals surface area contributed by atoms with E-state index in [9.17, 15) is 4.79 Å². The van der Waals surface area contributed by atoms with Crippen molar-refractivity contribution in [2.24, 2.45) is 5.73 Å². The van der Waals surface area contributed by atoms with Crippen LogP contribution < -0.4 is 15.8 Å². The predicted octanol–water partition coefficient (Wildman–Crippen LogP) is 0.432. The van der Waals surface area contributed by atoms with E-state index in [0.717, 1.165) is 0 Å². The van der Waals surface area contributed by atoms with E-state index >= 15 is 0 Å². The second-order valence-electron chi connectivity index (χ2n) is 2.75. The lowest BCUT2D eigenvalue weighted by atomic mass is 10.3. The van der Waals surface area contributed by atoms with Crippen molar-refractivity contribution in [2.45, 2.75) is 0 Å². The highest BCUT2D eigenvalue weighted by Crippen LogP contribution is 2.22. The molecule has 0 saturated heterocycles. The Morgan fingerprint density at radius 1 is 1.73 bits per heavy atom. The van der Waals surface area contributed by atoms with Crippen molar-refractivity contribution in [3.63, 3.8) is 0 Å². The zero-order valence-corrected chi connectivity index (χ0v) is 9.04. The van der Waals surface area contributed by atoms with E-state index in [-0.39, 0.29) is 11.6 Å². The van der Waals surface area contributed by atoms with Crippen LogP contribution in [0.1, 0.15) is 10.5 Å². The summed E-state index contributed by atoms with van der Waals surface area (Å²) in [5.41, 5.74) is 5.49.